The molecule has 6 aromatic carbocycles. The zero-order valence-corrected chi connectivity index (χ0v) is 37.1. The van der Waals surface area contributed by atoms with Crippen molar-refractivity contribution in [1.82, 2.24) is 4.98 Å². The molecule has 0 saturated heterocycles. The molecule has 0 fully saturated rings. The molecule has 2 aromatic heterocycles. The van der Waals surface area contributed by atoms with Crippen molar-refractivity contribution in [3.05, 3.63) is 181 Å². The molecule has 0 aliphatic heterocycles. The van der Waals surface area contributed by atoms with Gasteiger partial charge in [-0.3, -0.25) is 9.59 Å². The number of pyridine rings is 2. The predicted molar refractivity (Wildman–Crippen MR) is 239 cm³/mol. The maximum Gasteiger partial charge on any atom is 0.485 e. The molecule has 0 amide bonds. The summed E-state index contributed by atoms with van der Waals surface area (Å²) in [6.45, 7) is 0.924. The summed E-state index contributed by atoms with van der Waals surface area (Å²) in [4.78, 5) is 27.7. The first-order valence-electron chi connectivity index (χ1n) is 20.0. The molecule has 2 heterocycles. The van der Waals surface area contributed by atoms with Gasteiger partial charge in [-0.05, 0) is 47.5 Å². The number of aryl methyl sites for hydroxylation is 1. The summed E-state index contributed by atoms with van der Waals surface area (Å²) in [7, 11) is -9.20. The number of carbonyl (C=O) groups excluding carboxylic acids is 2. The lowest BCUT2D eigenvalue weighted by Gasteiger charge is -2.08. The Morgan fingerprint density at radius 2 is 0.882 bits per heavy atom. The maximum atomic E-state index is 12.2. The number of halogens is 6. The van der Waals surface area contributed by atoms with Gasteiger partial charge in [-0.25, -0.2) is 13.4 Å². The minimum Gasteiger partial charge on any atom is -0.741 e. The first kappa shape index (κ1) is 53.3. The van der Waals surface area contributed by atoms with Crippen LogP contribution in [0.1, 0.15) is 30.4 Å². The number of nitrogens with zero attached hydrogens (tertiary/aromatic N) is 2. The van der Waals surface area contributed by atoms with E-state index in [0.717, 1.165) is 33.2 Å². The molecule has 8 aromatic rings. The van der Waals surface area contributed by atoms with E-state index in [4.69, 9.17) is 30.3 Å². The van der Waals surface area contributed by atoms with Crippen LogP contribution in [0.15, 0.2) is 170 Å². The van der Waals surface area contributed by atoms with E-state index in [1.807, 2.05) is 91.0 Å². The molecule has 8 rings (SSSR count). The molecule has 0 saturated carbocycles. The number of carbonyl (C=O) groups is 2. The number of aromatic nitrogens is 2. The Morgan fingerprint density at radius 1 is 0.544 bits per heavy atom. The summed E-state index contributed by atoms with van der Waals surface area (Å²) in [6.07, 6.45) is -5.74. The van der Waals surface area contributed by atoms with Crippen LogP contribution >= 0.6 is 0 Å². The molecule has 356 valence electrons. The van der Waals surface area contributed by atoms with Crippen molar-refractivity contribution < 1.29 is 75.6 Å². The summed E-state index contributed by atoms with van der Waals surface area (Å²) in [6, 6.07) is 55.8. The van der Waals surface area contributed by atoms with Crippen molar-refractivity contribution in [2.75, 3.05) is 0 Å². The third kappa shape index (κ3) is 18.5. The van der Waals surface area contributed by atoms with Gasteiger partial charge in [-0.2, -0.15) is 30.9 Å². The second kappa shape index (κ2) is 25.6. The highest BCUT2D eigenvalue weighted by Gasteiger charge is 2.37. The second-order valence-corrected chi connectivity index (χ2v) is 15.8. The molecule has 0 atom stereocenters. The molecule has 0 radical (unpaired) electrons. The minimum atomic E-state index is -6.09. The van der Waals surface area contributed by atoms with Gasteiger partial charge < -0.3 is 14.0 Å². The van der Waals surface area contributed by atoms with Crippen molar-refractivity contribution in [3.63, 3.8) is 0 Å². The van der Waals surface area contributed by atoms with Crippen molar-refractivity contribution in [3.8, 4) is 0 Å². The molecule has 20 heteroatoms. The number of para-hydroxylation sites is 4. The number of alkyl halides is 6. The van der Waals surface area contributed by atoms with E-state index in [-0.39, 0.29) is 12.6 Å². The van der Waals surface area contributed by atoms with Gasteiger partial charge in [-0.1, -0.05) is 121 Å². The number of fused-ring (bicyclic) bond motifs is 4. The summed E-state index contributed by atoms with van der Waals surface area (Å²) in [5.41, 5.74) is 0.487. The summed E-state index contributed by atoms with van der Waals surface area (Å²) in [5, 5.41) is 4.74. The minimum absolute atomic E-state index is 0.0114. The van der Waals surface area contributed by atoms with Crippen LogP contribution in [0.25, 0.3) is 43.6 Å². The van der Waals surface area contributed by atoms with Crippen LogP contribution in [0.2, 0.25) is 0 Å². The quantitative estimate of drug-likeness (QED) is 0.0336. The van der Waals surface area contributed by atoms with Crippen molar-refractivity contribution in [2.24, 2.45) is 0 Å². The highest BCUT2D eigenvalue weighted by Crippen LogP contribution is 2.23. The Balaban J connectivity index is 0.000000207. The van der Waals surface area contributed by atoms with Crippen LogP contribution < -0.4 is 4.57 Å². The highest BCUT2D eigenvalue weighted by molar-refractivity contribution is 7.86. The molecular weight excluding hydrogens is 943 g/mol. The van der Waals surface area contributed by atoms with Crippen molar-refractivity contribution in [1.29, 1.82) is 0 Å². The lowest BCUT2D eigenvalue weighted by atomic mass is 10.1. The van der Waals surface area contributed by atoms with Gasteiger partial charge >= 0.3 is 34.2 Å². The number of hydrogen-bond acceptors (Lipinski definition) is 11. The maximum absolute atomic E-state index is 12.2. The van der Waals surface area contributed by atoms with E-state index in [1.165, 1.54) is 21.5 Å². The number of ether oxygens (including phenoxy) is 2. The van der Waals surface area contributed by atoms with Gasteiger partial charge in [0, 0.05) is 33.7 Å². The molecule has 0 bridgehead atoms. The Bertz CT molecular complexity index is 2980. The lowest BCUT2D eigenvalue weighted by molar-refractivity contribution is -0.644. The van der Waals surface area contributed by atoms with Crippen LogP contribution in [-0.2, 0) is 59.5 Å². The Labute approximate surface area is 387 Å². The third-order valence-electron chi connectivity index (χ3n) is 9.11. The average molecular weight is 983 g/mol. The first-order valence-corrected chi connectivity index (χ1v) is 22.4. The smallest absolute Gasteiger partial charge is 0.485 e. The summed E-state index contributed by atoms with van der Waals surface area (Å²) >= 11 is 0. The Kier molecular flexibility index (Phi) is 20.1. The van der Waals surface area contributed by atoms with Gasteiger partial charge in [0.25, 0.3) is 0 Å². The number of esters is 2. The van der Waals surface area contributed by atoms with E-state index in [2.05, 4.69) is 62.8 Å². The van der Waals surface area contributed by atoms with E-state index in [9.17, 15) is 35.9 Å². The first-order chi connectivity index (χ1) is 32.2. The third-order valence-corrected chi connectivity index (χ3v) is 9.68. The molecule has 0 spiro atoms. The zero-order valence-electron chi connectivity index (χ0n) is 35.5. The molecule has 68 heavy (non-hydrogen) atoms. The fourth-order valence-electron chi connectivity index (χ4n) is 6.04. The van der Waals surface area contributed by atoms with Crippen LogP contribution in [0.4, 0.5) is 26.3 Å². The Hall–Kier alpha value is -7.29. The highest BCUT2D eigenvalue weighted by atomic mass is 32.2. The topological polar surface area (TPSA) is 178 Å². The number of hydrogen-bond donors (Lipinski definition) is 0. The van der Waals surface area contributed by atoms with Crippen LogP contribution in [0, 0.1) is 0 Å². The second-order valence-electron chi connectivity index (χ2n) is 14.0. The van der Waals surface area contributed by atoms with Crippen molar-refractivity contribution in [2.45, 2.75) is 50.7 Å². The summed E-state index contributed by atoms with van der Waals surface area (Å²) in [5.74, 6) is -1.01. The molecule has 0 aliphatic carbocycles. The number of benzene rings is 6. The summed E-state index contributed by atoms with van der Waals surface area (Å²) < 4.78 is 132. The average Bonchev–Trinajstić information content (AvgIpc) is 3.30. The fourth-order valence-corrected chi connectivity index (χ4v) is 6.04. The largest absolute Gasteiger partial charge is 0.741 e. The van der Waals surface area contributed by atoms with Gasteiger partial charge in [-0.15, -0.1) is 12.6 Å². The van der Waals surface area contributed by atoms with Gasteiger partial charge in [0.1, 0.15) is 19.6 Å². The zero-order chi connectivity index (χ0) is 49.7. The van der Waals surface area contributed by atoms with E-state index in [1.54, 1.807) is 30.3 Å². The molecule has 0 N–H and O–H groups in total. The molecular formula is C48H40F6N2O10S2. The monoisotopic (exact) mass is 982 g/mol. The van der Waals surface area contributed by atoms with Gasteiger partial charge in [0.05, 0.1) is 23.9 Å². The van der Waals surface area contributed by atoms with Gasteiger partial charge in [0.2, 0.25) is 11.0 Å². The predicted octanol–water partition coefficient (Wildman–Crippen LogP) is 9.92. The SMILES string of the molecule is O=C(CCC(F)(F)F)OCc1ccccc1.O=C(CC[n+]1c2ccccc2cc2ccccc21)OCc1ccccc1.O=S(=O)([O-])C(F)(F)F.O=S(=O)=O.c1ccc2nc3ccccc3cc2c1. The Morgan fingerprint density at radius 3 is 1.28 bits per heavy atom. The van der Waals surface area contributed by atoms with E-state index < -0.39 is 51.2 Å². The lowest BCUT2D eigenvalue weighted by Crippen LogP contribution is -2.36. The van der Waals surface area contributed by atoms with E-state index in [0.29, 0.717) is 19.6 Å². The standard InChI is InChI=1S/C23H20NO2.C13H9N.C11H11F3O2.CHF3O3S.O3S/c25-23(26-17-18-8-2-1-3-9-18)14-15-24-21-12-6-4-10-19(21)16-20-11-5-7-13-22(20)24;1-3-7-12-10(5-1)9-11-6-2-4-8-13(11)14-12;12-11(13,14)7-6-10(15)16-8-9-4-2-1-3-5-9;2-1(3,4)8(5,6)7;1-4(2)3/h1-13,16H,14-15,17H2;1-9H;1-5H,6-8H2;(H,5,6,7);/q+1;;;;/p-1. The van der Waals surface area contributed by atoms with Gasteiger partial charge in [0.15, 0.2) is 16.7 Å². The normalized spacial score (nSPS) is 11.0. The molecule has 0 aliphatic rings. The molecule has 12 nitrogen and oxygen atoms in total. The van der Waals surface area contributed by atoms with E-state index >= 15 is 0 Å². The van der Waals surface area contributed by atoms with Crippen molar-refractivity contribution >= 4 is 76.3 Å². The van der Waals surface area contributed by atoms with Crippen LogP contribution in [0.3, 0.4) is 0 Å². The van der Waals surface area contributed by atoms with Crippen LogP contribution in [0.5, 0.6) is 0 Å². The number of rotatable bonds is 9. The fraction of sp³-hybridized carbons (Fsp3) is 0.167. The molecule has 0 unspecified atom stereocenters. The van der Waals surface area contributed by atoms with Crippen LogP contribution in [-0.4, -0.2) is 54.2 Å².